The monoisotopic (exact) mass is 278 g/mol. The number of allylic oxidation sites excluding steroid dienone is 2. The minimum Gasteiger partial charge on any atom is -0.393 e. The van der Waals surface area contributed by atoms with Crippen molar-refractivity contribution in [3.8, 4) is 0 Å². The molecule has 0 aromatic heterocycles. The molecule has 0 saturated carbocycles. The van der Waals surface area contributed by atoms with Gasteiger partial charge in [0.1, 0.15) is 0 Å². The molecule has 12 heavy (non-hydrogen) atoms. The van der Waals surface area contributed by atoms with Crippen molar-refractivity contribution in [1.29, 1.82) is 0 Å². The zero-order valence-electron chi connectivity index (χ0n) is 6.25. The smallest absolute Gasteiger partial charge is 0.317 e. The second-order valence-electron chi connectivity index (χ2n) is 3.04. The van der Waals surface area contributed by atoms with Gasteiger partial charge in [0.05, 0.1) is 11.8 Å². The van der Waals surface area contributed by atoms with Crippen LogP contribution in [0.4, 0.5) is 0 Å². The molecule has 0 aromatic rings. The van der Waals surface area contributed by atoms with Gasteiger partial charge in [-0.15, -0.1) is 0 Å². The van der Waals surface area contributed by atoms with Crippen molar-refractivity contribution in [2.45, 2.75) is 12.8 Å². The highest BCUT2D eigenvalue weighted by Crippen LogP contribution is 2.38. The van der Waals surface area contributed by atoms with Crippen LogP contribution in [-0.2, 0) is 14.3 Å². The fourth-order valence-electron chi connectivity index (χ4n) is 1.61. The Balaban J connectivity index is 2.27. The fourth-order valence-corrected chi connectivity index (χ4v) is 2.34. The Labute approximate surface area is 83.3 Å². The van der Waals surface area contributed by atoms with Crippen LogP contribution in [0, 0.1) is 11.8 Å². The molecule has 64 valence electrons. The van der Waals surface area contributed by atoms with Gasteiger partial charge in [-0.1, -0.05) is 6.08 Å². The summed E-state index contributed by atoms with van der Waals surface area (Å²) in [4.78, 5) is 22.1. The van der Waals surface area contributed by atoms with E-state index in [4.69, 9.17) is 0 Å². The summed E-state index contributed by atoms with van der Waals surface area (Å²) in [7, 11) is 0. The SMILES string of the molecule is O=C1OC(=O)[C@@H]2CC(I)=CC[C@H]12. The predicted octanol–water partition coefficient (Wildman–Crippen LogP) is 1.41. The Kier molecular flexibility index (Phi) is 1.94. The van der Waals surface area contributed by atoms with Gasteiger partial charge in [-0.25, -0.2) is 0 Å². The van der Waals surface area contributed by atoms with E-state index in [0.29, 0.717) is 12.8 Å². The fraction of sp³-hybridized carbons (Fsp3) is 0.500. The van der Waals surface area contributed by atoms with E-state index in [1.807, 2.05) is 6.08 Å². The number of hydrogen-bond donors (Lipinski definition) is 0. The van der Waals surface area contributed by atoms with E-state index >= 15 is 0 Å². The summed E-state index contributed by atoms with van der Waals surface area (Å²) in [6.07, 6.45) is 3.34. The molecule has 4 heteroatoms. The molecule has 1 saturated heterocycles. The maximum absolute atomic E-state index is 11.1. The maximum atomic E-state index is 11.1. The molecule has 1 aliphatic heterocycles. The maximum Gasteiger partial charge on any atom is 0.317 e. The molecule has 0 N–H and O–H groups in total. The third kappa shape index (κ3) is 1.18. The van der Waals surface area contributed by atoms with Gasteiger partial charge in [-0.3, -0.25) is 9.59 Å². The van der Waals surface area contributed by atoms with Crippen LogP contribution in [0.15, 0.2) is 9.66 Å². The highest BCUT2D eigenvalue weighted by atomic mass is 127. The number of esters is 2. The van der Waals surface area contributed by atoms with Gasteiger partial charge >= 0.3 is 11.9 Å². The molecule has 1 heterocycles. The highest BCUT2D eigenvalue weighted by Gasteiger charge is 2.45. The zero-order valence-corrected chi connectivity index (χ0v) is 8.41. The predicted molar refractivity (Wildman–Crippen MR) is 49.4 cm³/mol. The quantitative estimate of drug-likeness (QED) is 0.382. The van der Waals surface area contributed by atoms with Crippen LogP contribution in [0.25, 0.3) is 0 Å². The lowest BCUT2D eigenvalue weighted by Gasteiger charge is -2.16. The summed E-state index contributed by atoms with van der Waals surface area (Å²) >= 11 is 2.19. The van der Waals surface area contributed by atoms with Crippen molar-refractivity contribution in [2.75, 3.05) is 0 Å². The molecule has 0 aromatic carbocycles. The lowest BCUT2D eigenvalue weighted by molar-refractivity contribution is -0.153. The third-order valence-corrected chi connectivity index (χ3v) is 3.18. The second-order valence-corrected chi connectivity index (χ2v) is 4.43. The van der Waals surface area contributed by atoms with E-state index in [1.54, 1.807) is 0 Å². The van der Waals surface area contributed by atoms with Crippen molar-refractivity contribution in [1.82, 2.24) is 0 Å². The number of hydrogen-bond acceptors (Lipinski definition) is 3. The number of cyclic esters (lactones) is 2. The first-order valence-corrected chi connectivity index (χ1v) is 4.86. The average Bonchev–Trinajstić information content (AvgIpc) is 2.28. The van der Waals surface area contributed by atoms with E-state index < -0.39 is 0 Å². The van der Waals surface area contributed by atoms with E-state index in [2.05, 4.69) is 27.3 Å². The first kappa shape index (κ1) is 8.22. The van der Waals surface area contributed by atoms with E-state index in [0.717, 1.165) is 3.58 Å². The lowest BCUT2D eigenvalue weighted by Crippen LogP contribution is -2.20. The van der Waals surface area contributed by atoms with Gasteiger partial charge < -0.3 is 4.74 Å². The molecule has 1 fully saturated rings. The second kappa shape index (κ2) is 2.83. The van der Waals surface area contributed by atoms with Gasteiger partial charge in [0, 0.05) is 0 Å². The van der Waals surface area contributed by atoms with Crippen LogP contribution in [0.1, 0.15) is 12.8 Å². The molecule has 2 aliphatic rings. The summed E-state index contributed by atoms with van der Waals surface area (Å²) in [6.45, 7) is 0. The molecular formula is C8H7IO3. The molecule has 2 rings (SSSR count). The Bertz CT molecular complexity index is 282. The summed E-state index contributed by atoms with van der Waals surface area (Å²) in [6, 6.07) is 0. The number of carbonyl (C=O) groups is 2. The van der Waals surface area contributed by atoms with Crippen LogP contribution in [0.2, 0.25) is 0 Å². The van der Waals surface area contributed by atoms with Gasteiger partial charge in [-0.2, -0.15) is 0 Å². The standard InChI is InChI=1S/C8H7IO3/c9-4-1-2-5-6(3-4)8(11)12-7(5)10/h1,5-6H,2-3H2/t5-,6+/m0/s1. The minimum atomic E-state index is -0.342. The van der Waals surface area contributed by atoms with E-state index in [1.165, 1.54) is 0 Å². The molecular weight excluding hydrogens is 271 g/mol. The van der Waals surface area contributed by atoms with Crippen molar-refractivity contribution in [3.05, 3.63) is 9.66 Å². The Hall–Kier alpha value is -0.390. The number of ether oxygens (including phenoxy) is 1. The van der Waals surface area contributed by atoms with Crippen molar-refractivity contribution in [2.24, 2.45) is 11.8 Å². The van der Waals surface area contributed by atoms with Crippen molar-refractivity contribution >= 4 is 34.5 Å². The average molecular weight is 278 g/mol. The minimum absolute atomic E-state index is 0.198. The van der Waals surface area contributed by atoms with Crippen LogP contribution in [-0.4, -0.2) is 11.9 Å². The number of halogens is 1. The molecule has 3 nitrogen and oxygen atoms in total. The van der Waals surface area contributed by atoms with Gasteiger partial charge in [-0.05, 0) is 39.0 Å². The first-order chi connectivity index (χ1) is 5.68. The molecule has 0 unspecified atom stereocenters. The zero-order chi connectivity index (χ0) is 8.72. The first-order valence-electron chi connectivity index (χ1n) is 3.78. The molecule has 0 amide bonds. The third-order valence-electron chi connectivity index (χ3n) is 2.30. The topological polar surface area (TPSA) is 43.4 Å². The Morgan fingerprint density at radius 2 is 2.00 bits per heavy atom. The number of carbonyl (C=O) groups excluding carboxylic acids is 2. The molecule has 0 bridgehead atoms. The van der Waals surface area contributed by atoms with Gasteiger partial charge in [0.15, 0.2) is 0 Å². The van der Waals surface area contributed by atoms with Gasteiger partial charge in [0.25, 0.3) is 0 Å². The summed E-state index contributed by atoms with van der Waals surface area (Å²) in [5, 5.41) is 0. The highest BCUT2D eigenvalue weighted by molar-refractivity contribution is 14.1. The Morgan fingerprint density at radius 1 is 1.33 bits per heavy atom. The van der Waals surface area contributed by atoms with E-state index in [9.17, 15) is 9.59 Å². The Morgan fingerprint density at radius 3 is 2.75 bits per heavy atom. The normalized spacial score (nSPS) is 34.2. The number of fused-ring (bicyclic) bond motifs is 1. The summed E-state index contributed by atoms with van der Waals surface area (Å²) in [5.74, 6) is -1.08. The van der Waals surface area contributed by atoms with Crippen LogP contribution >= 0.6 is 22.6 Å². The van der Waals surface area contributed by atoms with Crippen molar-refractivity contribution in [3.63, 3.8) is 0 Å². The lowest BCUT2D eigenvalue weighted by atomic mass is 9.85. The van der Waals surface area contributed by atoms with Crippen molar-refractivity contribution < 1.29 is 14.3 Å². The van der Waals surface area contributed by atoms with Crippen LogP contribution in [0.5, 0.6) is 0 Å². The largest absolute Gasteiger partial charge is 0.393 e. The van der Waals surface area contributed by atoms with Gasteiger partial charge in [0.2, 0.25) is 0 Å². The van der Waals surface area contributed by atoms with Crippen LogP contribution < -0.4 is 0 Å². The molecule has 2 atom stereocenters. The van der Waals surface area contributed by atoms with Crippen LogP contribution in [0.3, 0.4) is 0 Å². The summed E-state index contributed by atoms with van der Waals surface area (Å²) in [5.41, 5.74) is 0. The number of rotatable bonds is 0. The molecule has 0 spiro atoms. The summed E-state index contributed by atoms with van der Waals surface area (Å²) < 4.78 is 5.70. The van der Waals surface area contributed by atoms with E-state index in [-0.39, 0.29) is 23.8 Å². The molecule has 0 radical (unpaired) electrons. The molecule has 1 aliphatic carbocycles.